The van der Waals surface area contributed by atoms with Crippen molar-refractivity contribution in [2.75, 3.05) is 0 Å². The third-order valence-corrected chi connectivity index (χ3v) is 2.36. The smallest absolute Gasteiger partial charge is 0.308 e. The number of rotatable bonds is 3. The minimum Gasteiger partial charge on any atom is -0.481 e. The van der Waals surface area contributed by atoms with E-state index in [-0.39, 0.29) is 17.9 Å². The summed E-state index contributed by atoms with van der Waals surface area (Å²) in [7, 11) is 1.67. The van der Waals surface area contributed by atoms with Gasteiger partial charge < -0.3 is 9.67 Å². The van der Waals surface area contributed by atoms with Crippen molar-refractivity contribution < 1.29 is 9.90 Å². The lowest BCUT2D eigenvalue weighted by atomic mass is 10.1. The van der Waals surface area contributed by atoms with Crippen molar-refractivity contribution in [2.45, 2.75) is 26.2 Å². The highest BCUT2D eigenvalue weighted by molar-refractivity contribution is 5.69. The highest BCUT2D eigenvalue weighted by Crippen LogP contribution is 2.11. The summed E-state index contributed by atoms with van der Waals surface area (Å²) in [6.07, 6.45) is -0.217. The number of carboxylic acids is 1. The van der Waals surface area contributed by atoms with Crippen LogP contribution < -0.4 is 5.56 Å². The van der Waals surface area contributed by atoms with Crippen LogP contribution in [0.5, 0.6) is 0 Å². The molecule has 1 N–H and O–H groups in total. The van der Waals surface area contributed by atoms with Gasteiger partial charge in [0, 0.05) is 18.3 Å². The van der Waals surface area contributed by atoms with E-state index in [9.17, 15) is 9.59 Å². The van der Waals surface area contributed by atoms with Gasteiger partial charge in [0.15, 0.2) is 0 Å². The molecule has 15 heavy (non-hydrogen) atoms. The Morgan fingerprint density at radius 3 is 2.53 bits per heavy atom. The molecule has 0 amide bonds. The van der Waals surface area contributed by atoms with E-state index in [0.717, 1.165) is 5.69 Å². The average molecular weight is 209 g/mol. The summed E-state index contributed by atoms with van der Waals surface area (Å²) in [6, 6.07) is 3.41. The normalized spacial score (nSPS) is 10.7. The van der Waals surface area contributed by atoms with E-state index in [0.29, 0.717) is 5.56 Å². The molecule has 0 fully saturated rings. The van der Waals surface area contributed by atoms with Crippen LogP contribution in [0, 0.1) is 0 Å². The highest BCUT2D eigenvalue weighted by Gasteiger charge is 2.10. The highest BCUT2D eigenvalue weighted by atomic mass is 16.4. The first-order valence-electron chi connectivity index (χ1n) is 4.84. The van der Waals surface area contributed by atoms with Crippen LogP contribution in [0.4, 0.5) is 0 Å². The van der Waals surface area contributed by atoms with Gasteiger partial charge in [-0.2, -0.15) is 0 Å². The van der Waals surface area contributed by atoms with Gasteiger partial charge in [0.2, 0.25) is 0 Å². The fourth-order valence-electron chi connectivity index (χ4n) is 1.58. The van der Waals surface area contributed by atoms with Crippen molar-refractivity contribution in [2.24, 2.45) is 7.05 Å². The lowest BCUT2D eigenvalue weighted by molar-refractivity contribution is -0.136. The van der Waals surface area contributed by atoms with E-state index >= 15 is 0 Å². The molecule has 0 aromatic carbocycles. The largest absolute Gasteiger partial charge is 0.481 e. The van der Waals surface area contributed by atoms with Gasteiger partial charge in [-0.15, -0.1) is 0 Å². The maximum Gasteiger partial charge on any atom is 0.308 e. The molecule has 0 saturated heterocycles. The molecule has 0 bridgehead atoms. The summed E-state index contributed by atoms with van der Waals surface area (Å²) >= 11 is 0. The Kier molecular flexibility index (Phi) is 3.29. The molecule has 0 aliphatic carbocycles. The predicted molar refractivity (Wildman–Crippen MR) is 57.1 cm³/mol. The van der Waals surface area contributed by atoms with E-state index in [1.807, 2.05) is 19.9 Å². The van der Waals surface area contributed by atoms with Gasteiger partial charge in [-0.05, 0) is 12.0 Å². The molecule has 1 aromatic heterocycles. The maximum atomic E-state index is 11.7. The van der Waals surface area contributed by atoms with Crippen molar-refractivity contribution >= 4 is 5.97 Å². The van der Waals surface area contributed by atoms with Crippen LogP contribution in [0.15, 0.2) is 16.9 Å². The quantitative estimate of drug-likeness (QED) is 0.812. The first kappa shape index (κ1) is 11.5. The van der Waals surface area contributed by atoms with Gasteiger partial charge in [0.05, 0.1) is 6.42 Å². The fraction of sp³-hybridized carbons (Fsp3) is 0.455. The minimum atomic E-state index is -0.982. The van der Waals surface area contributed by atoms with E-state index in [4.69, 9.17) is 5.11 Å². The second kappa shape index (κ2) is 4.29. The summed E-state index contributed by atoms with van der Waals surface area (Å²) in [6.45, 7) is 3.98. The van der Waals surface area contributed by atoms with E-state index in [1.54, 1.807) is 13.1 Å². The molecule has 0 aliphatic heterocycles. The molecular weight excluding hydrogens is 194 g/mol. The number of carbonyl (C=O) groups is 1. The Morgan fingerprint density at radius 2 is 2.07 bits per heavy atom. The molecular formula is C11H15NO3. The molecule has 0 spiro atoms. The zero-order valence-electron chi connectivity index (χ0n) is 9.15. The average Bonchev–Trinajstić information content (AvgIpc) is 2.12. The summed E-state index contributed by atoms with van der Waals surface area (Å²) < 4.78 is 1.52. The van der Waals surface area contributed by atoms with Gasteiger partial charge in [-0.3, -0.25) is 9.59 Å². The van der Waals surface area contributed by atoms with E-state index in [1.165, 1.54) is 4.57 Å². The number of hydrogen-bond donors (Lipinski definition) is 1. The molecule has 0 aliphatic rings. The molecule has 4 nitrogen and oxygen atoms in total. The standard InChI is InChI=1S/C11H15NO3/c1-7(2)9-5-4-8(6-10(13)14)11(15)12(9)3/h4-5,7H,6H2,1-3H3,(H,13,14). The number of pyridine rings is 1. The first-order chi connectivity index (χ1) is 6.93. The third kappa shape index (κ3) is 2.46. The number of aromatic nitrogens is 1. The maximum absolute atomic E-state index is 11.7. The molecule has 1 heterocycles. The van der Waals surface area contributed by atoms with Crippen molar-refractivity contribution in [1.82, 2.24) is 4.57 Å². The monoisotopic (exact) mass is 209 g/mol. The van der Waals surface area contributed by atoms with Gasteiger partial charge in [-0.25, -0.2) is 0 Å². The fourth-order valence-corrected chi connectivity index (χ4v) is 1.58. The van der Waals surface area contributed by atoms with E-state index < -0.39 is 5.97 Å². The SMILES string of the molecule is CC(C)c1ccc(CC(=O)O)c(=O)n1C. The van der Waals surface area contributed by atoms with Crippen LogP contribution in [0.25, 0.3) is 0 Å². The summed E-state index contributed by atoms with van der Waals surface area (Å²) in [4.78, 5) is 22.2. The topological polar surface area (TPSA) is 59.3 Å². The van der Waals surface area contributed by atoms with Crippen LogP contribution in [0.2, 0.25) is 0 Å². The molecule has 1 aromatic rings. The van der Waals surface area contributed by atoms with Crippen molar-refractivity contribution in [3.05, 3.63) is 33.7 Å². The molecule has 0 radical (unpaired) electrons. The lowest BCUT2D eigenvalue weighted by Gasteiger charge is -2.12. The van der Waals surface area contributed by atoms with Gasteiger partial charge in [0.25, 0.3) is 5.56 Å². The zero-order valence-corrected chi connectivity index (χ0v) is 9.15. The van der Waals surface area contributed by atoms with Crippen LogP contribution in [0.3, 0.4) is 0 Å². The number of aliphatic carboxylic acids is 1. The Labute approximate surface area is 88.2 Å². The Balaban J connectivity index is 3.22. The first-order valence-corrected chi connectivity index (χ1v) is 4.84. The van der Waals surface area contributed by atoms with E-state index in [2.05, 4.69) is 0 Å². The van der Waals surface area contributed by atoms with Crippen molar-refractivity contribution in [3.8, 4) is 0 Å². The number of carboxylic acid groups (broad SMARTS) is 1. The summed E-state index contributed by atoms with van der Waals surface area (Å²) in [5, 5.41) is 8.61. The summed E-state index contributed by atoms with van der Waals surface area (Å²) in [5.41, 5.74) is 1.02. The summed E-state index contributed by atoms with van der Waals surface area (Å²) in [5.74, 6) is -0.731. The molecule has 0 saturated carbocycles. The number of hydrogen-bond acceptors (Lipinski definition) is 2. The Bertz CT molecular complexity index is 432. The second-order valence-corrected chi connectivity index (χ2v) is 3.87. The van der Waals surface area contributed by atoms with Crippen LogP contribution >= 0.6 is 0 Å². The molecule has 4 heteroatoms. The van der Waals surface area contributed by atoms with Gasteiger partial charge in [0.1, 0.15) is 0 Å². The van der Waals surface area contributed by atoms with Crippen molar-refractivity contribution in [1.29, 1.82) is 0 Å². The number of nitrogens with zero attached hydrogens (tertiary/aromatic N) is 1. The van der Waals surface area contributed by atoms with Crippen LogP contribution in [-0.4, -0.2) is 15.6 Å². The predicted octanol–water partition coefficient (Wildman–Crippen LogP) is 1.14. The second-order valence-electron chi connectivity index (χ2n) is 3.87. The lowest BCUT2D eigenvalue weighted by Crippen LogP contribution is -2.25. The van der Waals surface area contributed by atoms with Gasteiger partial charge >= 0.3 is 5.97 Å². The molecule has 82 valence electrons. The van der Waals surface area contributed by atoms with Crippen molar-refractivity contribution in [3.63, 3.8) is 0 Å². The third-order valence-electron chi connectivity index (χ3n) is 2.36. The van der Waals surface area contributed by atoms with Gasteiger partial charge in [-0.1, -0.05) is 19.9 Å². The minimum absolute atomic E-state index is 0.217. The van der Waals surface area contributed by atoms with Crippen LogP contribution in [0.1, 0.15) is 31.0 Å². The Hall–Kier alpha value is -1.58. The zero-order chi connectivity index (χ0) is 11.6. The van der Waals surface area contributed by atoms with Crippen LogP contribution in [-0.2, 0) is 18.3 Å². The Morgan fingerprint density at radius 1 is 1.47 bits per heavy atom. The molecule has 0 atom stereocenters. The molecule has 0 unspecified atom stereocenters. The molecule has 1 rings (SSSR count).